The van der Waals surface area contributed by atoms with Crippen LogP contribution in [0.2, 0.25) is 0 Å². The third-order valence-electron chi connectivity index (χ3n) is 3.25. The summed E-state index contributed by atoms with van der Waals surface area (Å²) in [5.74, 6) is 5.75. The third kappa shape index (κ3) is 3.14. The molecule has 1 aliphatic heterocycles. The minimum Gasteiger partial charge on any atom is -0.391 e. The predicted molar refractivity (Wildman–Crippen MR) is 73.6 cm³/mol. The van der Waals surface area contributed by atoms with Gasteiger partial charge in [0, 0.05) is 24.2 Å². The number of aliphatic hydroxyl groups excluding tert-OH is 1. The average Bonchev–Trinajstić information content (AvgIpc) is 2.83. The first kappa shape index (κ1) is 13.6. The fourth-order valence-electron chi connectivity index (χ4n) is 2.19. The van der Waals surface area contributed by atoms with Gasteiger partial charge in [0.25, 0.3) is 5.91 Å². The summed E-state index contributed by atoms with van der Waals surface area (Å²) in [6.45, 7) is 3.29. The molecule has 2 rings (SSSR count). The molecular weight excluding hydrogens is 240 g/mol. The fourth-order valence-corrected chi connectivity index (χ4v) is 2.19. The molecule has 0 bridgehead atoms. The molecule has 1 aliphatic rings. The maximum atomic E-state index is 12.2. The molecule has 1 heterocycles. The van der Waals surface area contributed by atoms with Crippen LogP contribution >= 0.6 is 0 Å². The number of nitrogens with two attached hydrogens (primary N) is 1. The summed E-state index contributed by atoms with van der Waals surface area (Å²) in [5, 5.41) is 9.47. The normalized spacial score (nSPS) is 18.1. The Labute approximate surface area is 113 Å². The van der Waals surface area contributed by atoms with E-state index in [4.69, 9.17) is 5.73 Å². The predicted octanol–water partition coefficient (Wildman–Crippen LogP) is 0.512. The van der Waals surface area contributed by atoms with Gasteiger partial charge in [-0.2, -0.15) is 0 Å². The molecule has 4 nitrogen and oxygen atoms in total. The van der Waals surface area contributed by atoms with Crippen LogP contribution in [0.1, 0.15) is 27.9 Å². The van der Waals surface area contributed by atoms with E-state index in [1.54, 1.807) is 11.0 Å². The summed E-state index contributed by atoms with van der Waals surface area (Å²) in [6.07, 6.45) is 0.268. The third-order valence-corrected chi connectivity index (χ3v) is 3.25. The van der Waals surface area contributed by atoms with Gasteiger partial charge < -0.3 is 15.7 Å². The van der Waals surface area contributed by atoms with Crippen molar-refractivity contribution in [2.45, 2.75) is 19.4 Å². The first-order valence-electron chi connectivity index (χ1n) is 6.38. The first-order valence-corrected chi connectivity index (χ1v) is 6.38. The number of carbonyl (C=O) groups is 1. The highest BCUT2D eigenvalue weighted by Gasteiger charge is 2.25. The van der Waals surface area contributed by atoms with Crippen molar-refractivity contribution < 1.29 is 9.90 Å². The van der Waals surface area contributed by atoms with Gasteiger partial charge in [0.1, 0.15) is 0 Å². The van der Waals surface area contributed by atoms with Gasteiger partial charge in [0.2, 0.25) is 0 Å². The lowest BCUT2D eigenvalue weighted by molar-refractivity contribution is 0.0765. The van der Waals surface area contributed by atoms with Crippen molar-refractivity contribution in [3.63, 3.8) is 0 Å². The molecule has 1 aromatic rings. The largest absolute Gasteiger partial charge is 0.391 e. The standard InChI is InChI=1S/C15H18N2O2/c1-11-9-13(5-4-12(11)3-2-7-16)15(19)17-8-6-14(18)10-17/h4-5,9,14,18H,6-8,10,16H2,1H3. The smallest absolute Gasteiger partial charge is 0.253 e. The highest BCUT2D eigenvalue weighted by Crippen LogP contribution is 2.16. The molecule has 3 N–H and O–H groups in total. The molecule has 4 heteroatoms. The van der Waals surface area contributed by atoms with E-state index < -0.39 is 0 Å². The summed E-state index contributed by atoms with van der Waals surface area (Å²) in [6, 6.07) is 5.46. The van der Waals surface area contributed by atoms with Crippen LogP contribution in [0.5, 0.6) is 0 Å². The number of benzene rings is 1. The van der Waals surface area contributed by atoms with Crippen molar-refractivity contribution in [1.29, 1.82) is 0 Å². The zero-order valence-corrected chi connectivity index (χ0v) is 11.0. The Bertz CT molecular complexity index is 543. The van der Waals surface area contributed by atoms with Crippen LogP contribution in [0.25, 0.3) is 0 Å². The highest BCUT2D eigenvalue weighted by atomic mass is 16.3. The number of hydrogen-bond acceptors (Lipinski definition) is 3. The van der Waals surface area contributed by atoms with E-state index in [-0.39, 0.29) is 12.0 Å². The molecule has 0 radical (unpaired) electrons. The maximum absolute atomic E-state index is 12.2. The SMILES string of the molecule is Cc1cc(C(=O)N2CCC(O)C2)ccc1C#CCN. The van der Waals surface area contributed by atoms with Crippen LogP contribution in [0.3, 0.4) is 0 Å². The van der Waals surface area contributed by atoms with Gasteiger partial charge >= 0.3 is 0 Å². The van der Waals surface area contributed by atoms with Crippen molar-refractivity contribution in [2.75, 3.05) is 19.6 Å². The zero-order chi connectivity index (χ0) is 13.8. The van der Waals surface area contributed by atoms with Gasteiger partial charge in [-0.05, 0) is 37.1 Å². The van der Waals surface area contributed by atoms with Crippen molar-refractivity contribution in [3.05, 3.63) is 34.9 Å². The molecule has 1 saturated heterocycles. The molecule has 1 atom stereocenters. The Hall–Kier alpha value is -1.83. The Morgan fingerprint density at radius 1 is 1.58 bits per heavy atom. The topological polar surface area (TPSA) is 66.6 Å². The van der Waals surface area contributed by atoms with E-state index in [1.807, 2.05) is 19.1 Å². The van der Waals surface area contributed by atoms with Crippen molar-refractivity contribution in [2.24, 2.45) is 5.73 Å². The van der Waals surface area contributed by atoms with Crippen molar-refractivity contribution in [1.82, 2.24) is 4.90 Å². The Morgan fingerprint density at radius 2 is 2.37 bits per heavy atom. The van der Waals surface area contributed by atoms with Gasteiger partial charge in [0.15, 0.2) is 0 Å². The van der Waals surface area contributed by atoms with Gasteiger partial charge in [-0.1, -0.05) is 11.8 Å². The van der Waals surface area contributed by atoms with E-state index in [0.717, 1.165) is 11.1 Å². The Balaban J connectivity index is 2.17. The molecule has 1 unspecified atom stereocenters. The van der Waals surface area contributed by atoms with Gasteiger partial charge in [-0.3, -0.25) is 4.79 Å². The van der Waals surface area contributed by atoms with Crippen LogP contribution in [-0.4, -0.2) is 41.7 Å². The van der Waals surface area contributed by atoms with Crippen LogP contribution in [0.4, 0.5) is 0 Å². The summed E-state index contributed by atoms with van der Waals surface area (Å²) in [4.78, 5) is 13.9. The lowest BCUT2D eigenvalue weighted by Gasteiger charge is -2.16. The maximum Gasteiger partial charge on any atom is 0.253 e. The Morgan fingerprint density at radius 3 is 2.95 bits per heavy atom. The number of hydrogen-bond donors (Lipinski definition) is 2. The van der Waals surface area contributed by atoms with E-state index in [2.05, 4.69) is 11.8 Å². The second-order valence-electron chi connectivity index (χ2n) is 4.73. The second-order valence-corrected chi connectivity index (χ2v) is 4.73. The lowest BCUT2D eigenvalue weighted by atomic mass is 10.0. The van der Waals surface area contributed by atoms with Crippen LogP contribution < -0.4 is 5.73 Å². The van der Waals surface area contributed by atoms with Crippen molar-refractivity contribution in [3.8, 4) is 11.8 Å². The molecule has 0 aromatic heterocycles. The Kier molecular flexibility index (Phi) is 4.20. The fraction of sp³-hybridized carbons (Fsp3) is 0.400. The molecular formula is C15H18N2O2. The molecule has 1 amide bonds. The molecule has 100 valence electrons. The number of nitrogens with zero attached hydrogens (tertiary/aromatic N) is 1. The van der Waals surface area contributed by atoms with Gasteiger partial charge in [-0.25, -0.2) is 0 Å². The molecule has 1 fully saturated rings. The summed E-state index contributed by atoms with van der Waals surface area (Å²) in [5.41, 5.74) is 7.84. The van der Waals surface area contributed by atoms with Crippen LogP contribution in [-0.2, 0) is 0 Å². The quantitative estimate of drug-likeness (QED) is 0.721. The monoisotopic (exact) mass is 258 g/mol. The minimum atomic E-state index is -0.389. The van der Waals surface area contributed by atoms with E-state index in [0.29, 0.717) is 31.6 Å². The van der Waals surface area contributed by atoms with Crippen LogP contribution in [0, 0.1) is 18.8 Å². The number of aryl methyl sites for hydroxylation is 1. The van der Waals surface area contributed by atoms with E-state index >= 15 is 0 Å². The number of β-amino-alcohol motifs (C(OH)–C–C–N with tert-alkyl or cyclic N) is 1. The number of amides is 1. The number of rotatable bonds is 1. The van der Waals surface area contributed by atoms with Crippen molar-refractivity contribution >= 4 is 5.91 Å². The van der Waals surface area contributed by atoms with Crippen LogP contribution in [0.15, 0.2) is 18.2 Å². The van der Waals surface area contributed by atoms with Gasteiger partial charge in [-0.15, -0.1) is 0 Å². The molecule has 0 spiro atoms. The summed E-state index contributed by atoms with van der Waals surface area (Å²) >= 11 is 0. The second kappa shape index (κ2) is 5.87. The highest BCUT2D eigenvalue weighted by molar-refractivity contribution is 5.94. The number of aliphatic hydroxyl groups is 1. The zero-order valence-electron chi connectivity index (χ0n) is 11.0. The minimum absolute atomic E-state index is 0.0296. The first-order chi connectivity index (χ1) is 9.11. The van der Waals surface area contributed by atoms with E-state index in [1.165, 1.54) is 0 Å². The summed E-state index contributed by atoms with van der Waals surface area (Å²) in [7, 11) is 0. The molecule has 0 aliphatic carbocycles. The molecule has 19 heavy (non-hydrogen) atoms. The number of likely N-dealkylation sites (tertiary alicyclic amines) is 1. The number of carbonyl (C=O) groups excluding carboxylic acids is 1. The molecule has 0 saturated carbocycles. The molecule has 1 aromatic carbocycles. The average molecular weight is 258 g/mol. The lowest BCUT2D eigenvalue weighted by Crippen LogP contribution is -2.29. The summed E-state index contributed by atoms with van der Waals surface area (Å²) < 4.78 is 0. The van der Waals surface area contributed by atoms with E-state index in [9.17, 15) is 9.90 Å². The van der Waals surface area contributed by atoms with Gasteiger partial charge in [0.05, 0.1) is 12.6 Å².